The number of benzene rings is 3. The number of hydrogen-bond donors (Lipinski definition) is 4. The van der Waals surface area contributed by atoms with Crippen molar-refractivity contribution in [2.45, 2.75) is 76.4 Å². The van der Waals surface area contributed by atoms with Crippen molar-refractivity contribution in [1.29, 1.82) is 5.26 Å². The van der Waals surface area contributed by atoms with Crippen LogP contribution in [0.2, 0.25) is 10.0 Å². The first-order valence-electron chi connectivity index (χ1n) is 17.5. The van der Waals surface area contributed by atoms with Gasteiger partial charge in [0.2, 0.25) is 5.91 Å². The average Bonchev–Trinajstić information content (AvgIpc) is 3.45. The summed E-state index contributed by atoms with van der Waals surface area (Å²) in [6.45, 7) is 6.43. The number of carbonyl (C=O) groups is 3. The van der Waals surface area contributed by atoms with Crippen LogP contribution < -0.4 is 15.4 Å². The van der Waals surface area contributed by atoms with Crippen molar-refractivity contribution in [3.05, 3.63) is 93.0 Å². The van der Waals surface area contributed by atoms with Crippen LogP contribution in [0.25, 0.3) is 0 Å². The van der Waals surface area contributed by atoms with E-state index in [1.807, 2.05) is 20.8 Å². The van der Waals surface area contributed by atoms with Crippen LogP contribution in [0.5, 0.6) is 5.75 Å². The Morgan fingerprint density at radius 2 is 1.84 bits per heavy atom. The molecule has 16 heteroatoms. The van der Waals surface area contributed by atoms with E-state index in [-0.39, 0.29) is 70.6 Å². The molecule has 0 aliphatic carbocycles. The number of aliphatic hydroxyl groups excluding tert-OH is 2. The number of rotatable bonds is 13. The van der Waals surface area contributed by atoms with Gasteiger partial charge in [0, 0.05) is 29.2 Å². The number of nitrogens with one attached hydrogen (secondary N) is 2. The van der Waals surface area contributed by atoms with Gasteiger partial charge in [-0.15, -0.1) is 5.06 Å². The van der Waals surface area contributed by atoms with Gasteiger partial charge in [-0.1, -0.05) is 62.2 Å². The number of halogens is 4. The topological polar surface area (TPSA) is 170 Å². The molecule has 4 N–H and O–H groups in total. The van der Waals surface area contributed by atoms with Crippen molar-refractivity contribution in [3.63, 3.8) is 0 Å². The second kappa shape index (κ2) is 18.4. The predicted molar refractivity (Wildman–Crippen MR) is 201 cm³/mol. The maximum atomic E-state index is 16.1. The molecule has 1 heterocycles. The van der Waals surface area contributed by atoms with Crippen LogP contribution in [-0.2, 0) is 19.8 Å². The lowest BCUT2D eigenvalue weighted by Crippen LogP contribution is -2.45. The SMILES string of the molecule is CCOC(=O)N(OC(=O)c1ccc(NC(=O)[C@@H]2N[C@@H](CC(C)(C)C)[C@](C#N)(c3ccc(Cl)cc3F)[C@H]2c2cccc(Cl)c2F)c(OC)c1)[C@H](CO)CCCO. The molecule has 1 fully saturated rings. The third-order valence-corrected chi connectivity index (χ3v) is 9.82. The molecule has 2 amide bonds. The highest BCUT2D eigenvalue weighted by molar-refractivity contribution is 6.31. The third kappa shape index (κ3) is 9.48. The zero-order chi connectivity index (χ0) is 40.7. The lowest BCUT2D eigenvalue weighted by atomic mass is 9.62. The fraction of sp³-hybridized carbons (Fsp3) is 0.436. The Labute approximate surface area is 328 Å². The van der Waals surface area contributed by atoms with Gasteiger partial charge in [-0.05, 0) is 73.6 Å². The van der Waals surface area contributed by atoms with Crippen molar-refractivity contribution in [3.8, 4) is 11.8 Å². The lowest BCUT2D eigenvalue weighted by molar-refractivity contribution is -0.128. The van der Waals surface area contributed by atoms with Gasteiger partial charge in [0.05, 0.1) is 54.7 Å². The summed E-state index contributed by atoms with van der Waals surface area (Å²) in [5.41, 5.74) is -2.55. The maximum absolute atomic E-state index is 16.1. The minimum Gasteiger partial charge on any atom is -0.495 e. The molecule has 1 saturated heterocycles. The third-order valence-electron chi connectivity index (χ3n) is 9.29. The second-order valence-corrected chi connectivity index (χ2v) is 15.0. The summed E-state index contributed by atoms with van der Waals surface area (Å²) in [4.78, 5) is 45.7. The van der Waals surface area contributed by atoms with Crippen LogP contribution in [0, 0.1) is 28.4 Å². The summed E-state index contributed by atoms with van der Waals surface area (Å²) < 4.78 is 42.5. The molecule has 0 unspecified atom stereocenters. The van der Waals surface area contributed by atoms with Crippen molar-refractivity contribution >= 4 is 46.9 Å². The van der Waals surface area contributed by atoms with E-state index in [1.54, 1.807) is 6.92 Å². The summed E-state index contributed by atoms with van der Waals surface area (Å²) in [5.74, 6) is -4.82. The highest BCUT2D eigenvalue weighted by Crippen LogP contribution is 2.53. The molecular formula is C39H44Cl2F2N4O8. The van der Waals surface area contributed by atoms with Crippen LogP contribution in [0.15, 0.2) is 54.6 Å². The normalized spacial score (nSPS) is 19.9. The molecule has 12 nitrogen and oxygen atoms in total. The fourth-order valence-corrected chi connectivity index (χ4v) is 7.23. The standard InChI is InChI=1S/C39H44Cl2F2N4O8/c1-6-54-37(52)47(24(20-49)9-8-16-48)55-36(51)22-12-15-29(30(17-22)53-5)45-35(50)34-32(25-10-7-11-27(41)33(25)43)39(21-44,31(46-34)19-38(2,3)4)26-14-13-23(40)18-28(26)42/h7,10-15,17-18,24,31-32,34,46,48-49H,6,8-9,16,19-20H2,1-5H3,(H,45,50)/t24-,31-,32-,34+,39-/m0/s1. The summed E-state index contributed by atoms with van der Waals surface area (Å²) in [7, 11) is 1.28. The molecule has 0 saturated carbocycles. The molecule has 0 radical (unpaired) electrons. The Morgan fingerprint density at radius 3 is 2.44 bits per heavy atom. The van der Waals surface area contributed by atoms with E-state index in [2.05, 4.69) is 16.7 Å². The number of methoxy groups -OCH3 is 1. The Kier molecular flexibility index (Phi) is 14.5. The van der Waals surface area contributed by atoms with Gasteiger partial charge in [-0.25, -0.2) is 18.4 Å². The van der Waals surface area contributed by atoms with Gasteiger partial charge in [0.25, 0.3) is 0 Å². The summed E-state index contributed by atoms with van der Waals surface area (Å²) in [6.07, 6.45) is -0.486. The number of ether oxygens (including phenoxy) is 2. The van der Waals surface area contributed by atoms with Crippen molar-refractivity contribution in [2.24, 2.45) is 5.41 Å². The minimum absolute atomic E-state index is 0.0190. The maximum Gasteiger partial charge on any atom is 0.443 e. The van der Waals surface area contributed by atoms with E-state index >= 15 is 8.78 Å². The first-order chi connectivity index (χ1) is 26.1. The zero-order valence-corrected chi connectivity index (χ0v) is 32.5. The van der Waals surface area contributed by atoms with Crippen LogP contribution in [-0.4, -0.2) is 78.3 Å². The zero-order valence-electron chi connectivity index (χ0n) is 31.0. The number of amides is 2. The van der Waals surface area contributed by atoms with Gasteiger partial charge >= 0.3 is 12.1 Å². The highest BCUT2D eigenvalue weighted by Gasteiger charge is 2.61. The van der Waals surface area contributed by atoms with Gasteiger partial charge in [0.1, 0.15) is 22.8 Å². The van der Waals surface area contributed by atoms with E-state index in [9.17, 15) is 29.9 Å². The Hall–Kier alpha value is -4.52. The predicted octanol–water partition coefficient (Wildman–Crippen LogP) is 6.90. The Morgan fingerprint density at radius 1 is 1.11 bits per heavy atom. The van der Waals surface area contributed by atoms with Crippen molar-refractivity contribution in [2.75, 3.05) is 32.2 Å². The second-order valence-electron chi connectivity index (χ2n) is 14.2. The smallest absolute Gasteiger partial charge is 0.443 e. The molecule has 5 atom stereocenters. The minimum atomic E-state index is -1.86. The molecule has 0 bridgehead atoms. The number of nitrogens with zero attached hydrogens (tertiary/aromatic N) is 2. The quantitative estimate of drug-likeness (QED) is 0.133. The van der Waals surface area contributed by atoms with Crippen LogP contribution in [0.1, 0.15) is 74.4 Å². The number of nitriles is 1. The summed E-state index contributed by atoms with van der Waals surface area (Å²) >= 11 is 12.4. The number of anilines is 1. The Balaban J connectivity index is 1.77. The van der Waals surface area contributed by atoms with Crippen LogP contribution in [0.4, 0.5) is 19.3 Å². The lowest BCUT2D eigenvalue weighted by Gasteiger charge is -2.37. The molecule has 296 valence electrons. The van der Waals surface area contributed by atoms with Crippen molar-refractivity contribution < 1.29 is 47.7 Å². The average molecular weight is 806 g/mol. The highest BCUT2D eigenvalue weighted by atomic mass is 35.5. The van der Waals surface area contributed by atoms with Gasteiger partial charge in [-0.3, -0.25) is 4.79 Å². The largest absolute Gasteiger partial charge is 0.495 e. The molecule has 0 spiro atoms. The van der Waals surface area contributed by atoms with E-state index in [0.29, 0.717) is 5.06 Å². The van der Waals surface area contributed by atoms with E-state index < -0.39 is 71.1 Å². The number of hydrogen-bond acceptors (Lipinski definition) is 10. The van der Waals surface area contributed by atoms with E-state index in [1.165, 1.54) is 55.6 Å². The molecule has 1 aliphatic rings. The molecule has 3 aromatic rings. The number of hydroxylamine groups is 2. The van der Waals surface area contributed by atoms with E-state index in [0.717, 1.165) is 6.07 Å². The van der Waals surface area contributed by atoms with Crippen LogP contribution >= 0.6 is 23.2 Å². The molecular weight excluding hydrogens is 761 g/mol. The molecule has 0 aromatic heterocycles. The number of aliphatic hydroxyl groups is 2. The van der Waals surface area contributed by atoms with Crippen LogP contribution in [0.3, 0.4) is 0 Å². The summed E-state index contributed by atoms with van der Waals surface area (Å²) in [5, 5.41) is 36.6. The molecule has 3 aromatic carbocycles. The Bertz CT molecular complexity index is 1920. The van der Waals surface area contributed by atoms with Gasteiger partial charge in [-0.2, -0.15) is 5.26 Å². The fourth-order valence-electron chi connectivity index (χ4n) is 6.89. The number of carbonyl (C=O) groups excluding carboxylic acids is 3. The molecule has 4 rings (SSSR count). The molecule has 55 heavy (non-hydrogen) atoms. The van der Waals surface area contributed by atoms with E-state index in [4.69, 9.17) is 37.5 Å². The first-order valence-corrected chi connectivity index (χ1v) is 18.3. The first kappa shape index (κ1) is 43.2. The molecule has 1 aliphatic heterocycles. The van der Waals surface area contributed by atoms with Crippen molar-refractivity contribution in [1.82, 2.24) is 10.4 Å². The summed E-state index contributed by atoms with van der Waals surface area (Å²) in [6, 6.07) is 10.9. The monoisotopic (exact) mass is 804 g/mol. The van der Waals surface area contributed by atoms with Gasteiger partial charge < -0.3 is 35.2 Å². The van der Waals surface area contributed by atoms with Gasteiger partial charge in [0.15, 0.2) is 0 Å².